The third-order valence-corrected chi connectivity index (χ3v) is 4.63. The Morgan fingerprint density at radius 1 is 1.28 bits per heavy atom. The number of aryl methyl sites for hydroxylation is 1. The summed E-state index contributed by atoms with van der Waals surface area (Å²) in [5.74, 6) is -0.431. The molecule has 1 N–H and O–H groups in total. The monoisotopic (exact) mass is 421 g/mol. The van der Waals surface area contributed by atoms with Gasteiger partial charge in [-0.3, -0.25) is 4.79 Å². The Hall–Kier alpha value is -2.19. The summed E-state index contributed by atoms with van der Waals surface area (Å²) >= 11 is 4.26. The summed E-state index contributed by atoms with van der Waals surface area (Å²) in [5, 5.41) is 10.7. The Balaban J connectivity index is 1.60. The van der Waals surface area contributed by atoms with E-state index < -0.39 is 5.82 Å². The number of hydrogen-bond donors (Lipinski definition) is 1. The van der Waals surface area contributed by atoms with Crippen molar-refractivity contribution in [2.75, 3.05) is 11.1 Å². The lowest BCUT2D eigenvalue weighted by atomic mass is 10.1. The molecule has 3 rings (SSSR count). The van der Waals surface area contributed by atoms with Gasteiger partial charge in [0.05, 0.1) is 11.4 Å². The van der Waals surface area contributed by atoms with E-state index in [0.717, 1.165) is 22.9 Å². The molecular formula is C17H13BrFN3O2S. The van der Waals surface area contributed by atoms with Gasteiger partial charge in [-0.2, -0.15) is 0 Å². The van der Waals surface area contributed by atoms with Gasteiger partial charge in [0.25, 0.3) is 5.22 Å². The first-order valence-electron chi connectivity index (χ1n) is 7.30. The molecule has 0 fully saturated rings. The SMILES string of the molecule is Cc1ccccc1-c1nnc(SCC(=O)Nc2ccc(Br)cc2F)o1. The third-order valence-electron chi connectivity index (χ3n) is 3.31. The quantitative estimate of drug-likeness (QED) is 0.605. The van der Waals surface area contributed by atoms with Crippen LogP contribution in [0.4, 0.5) is 10.1 Å². The molecule has 0 aliphatic rings. The fourth-order valence-corrected chi connectivity index (χ4v) is 2.99. The highest BCUT2D eigenvalue weighted by Gasteiger charge is 2.13. The molecule has 0 radical (unpaired) electrons. The lowest BCUT2D eigenvalue weighted by molar-refractivity contribution is -0.113. The van der Waals surface area contributed by atoms with Crippen LogP contribution in [0.2, 0.25) is 0 Å². The van der Waals surface area contributed by atoms with Gasteiger partial charge in [-0.15, -0.1) is 10.2 Å². The second kappa shape index (κ2) is 7.79. The summed E-state index contributed by atoms with van der Waals surface area (Å²) in [7, 11) is 0. The Kier molecular flexibility index (Phi) is 5.50. The predicted octanol–water partition coefficient (Wildman–Crippen LogP) is 4.68. The number of halogens is 2. The summed E-state index contributed by atoms with van der Waals surface area (Å²) in [5.41, 5.74) is 1.99. The van der Waals surface area contributed by atoms with Crippen molar-refractivity contribution in [3.8, 4) is 11.5 Å². The number of anilines is 1. The highest BCUT2D eigenvalue weighted by molar-refractivity contribution is 9.10. The summed E-state index contributed by atoms with van der Waals surface area (Å²) < 4.78 is 19.9. The van der Waals surface area contributed by atoms with Crippen molar-refractivity contribution in [3.63, 3.8) is 0 Å². The minimum atomic E-state index is -0.507. The number of hydrogen-bond acceptors (Lipinski definition) is 5. The van der Waals surface area contributed by atoms with E-state index in [4.69, 9.17) is 4.42 Å². The molecule has 0 spiro atoms. The number of benzene rings is 2. The molecular weight excluding hydrogens is 409 g/mol. The van der Waals surface area contributed by atoms with E-state index >= 15 is 0 Å². The molecule has 1 aromatic heterocycles. The zero-order chi connectivity index (χ0) is 17.8. The van der Waals surface area contributed by atoms with Gasteiger partial charge in [-0.1, -0.05) is 45.9 Å². The number of nitrogens with zero attached hydrogens (tertiary/aromatic N) is 2. The number of thioether (sulfide) groups is 1. The van der Waals surface area contributed by atoms with Gasteiger partial charge < -0.3 is 9.73 Å². The topological polar surface area (TPSA) is 68.0 Å². The van der Waals surface area contributed by atoms with E-state index in [1.807, 2.05) is 31.2 Å². The molecule has 5 nitrogen and oxygen atoms in total. The maximum Gasteiger partial charge on any atom is 0.277 e. The third kappa shape index (κ3) is 4.46. The van der Waals surface area contributed by atoms with Crippen molar-refractivity contribution in [3.05, 3.63) is 58.3 Å². The van der Waals surface area contributed by atoms with Crippen molar-refractivity contribution in [1.82, 2.24) is 10.2 Å². The maximum atomic E-state index is 13.7. The van der Waals surface area contributed by atoms with Crippen LogP contribution in [-0.2, 0) is 4.79 Å². The van der Waals surface area contributed by atoms with Gasteiger partial charge in [0.1, 0.15) is 5.82 Å². The summed E-state index contributed by atoms with van der Waals surface area (Å²) in [4.78, 5) is 12.0. The van der Waals surface area contributed by atoms with Gasteiger partial charge in [0.15, 0.2) is 0 Å². The van der Waals surface area contributed by atoms with Crippen LogP contribution in [-0.4, -0.2) is 21.9 Å². The van der Waals surface area contributed by atoms with Crippen molar-refractivity contribution in [2.45, 2.75) is 12.1 Å². The average molecular weight is 422 g/mol. The van der Waals surface area contributed by atoms with Gasteiger partial charge >= 0.3 is 0 Å². The second-order valence-corrected chi connectivity index (χ2v) is 6.99. The zero-order valence-corrected chi connectivity index (χ0v) is 15.5. The van der Waals surface area contributed by atoms with Crippen LogP contribution in [0.3, 0.4) is 0 Å². The van der Waals surface area contributed by atoms with Crippen molar-refractivity contribution < 1.29 is 13.6 Å². The smallest absolute Gasteiger partial charge is 0.277 e. The molecule has 0 saturated heterocycles. The Morgan fingerprint density at radius 2 is 2.08 bits per heavy atom. The lowest BCUT2D eigenvalue weighted by Crippen LogP contribution is -2.15. The molecule has 128 valence electrons. The molecule has 25 heavy (non-hydrogen) atoms. The number of carbonyl (C=O) groups is 1. The fraction of sp³-hybridized carbons (Fsp3) is 0.118. The second-order valence-electron chi connectivity index (χ2n) is 5.15. The Morgan fingerprint density at radius 3 is 2.84 bits per heavy atom. The maximum absolute atomic E-state index is 13.7. The van der Waals surface area contributed by atoms with Crippen LogP contribution >= 0.6 is 27.7 Å². The van der Waals surface area contributed by atoms with Gasteiger partial charge in [0.2, 0.25) is 11.8 Å². The van der Waals surface area contributed by atoms with Gasteiger partial charge in [-0.05, 0) is 36.8 Å². The minimum absolute atomic E-state index is 0.0326. The molecule has 0 aliphatic carbocycles. The highest BCUT2D eigenvalue weighted by atomic mass is 79.9. The van der Waals surface area contributed by atoms with Crippen LogP contribution in [0.1, 0.15) is 5.56 Å². The molecule has 2 aromatic carbocycles. The average Bonchev–Trinajstić information content (AvgIpc) is 3.05. The van der Waals surface area contributed by atoms with Crippen LogP contribution in [0, 0.1) is 12.7 Å². The Labute approximate surface area is 156 Å². The van der Waals surface area contributed by atoms with E-state index in [2.05, 4.69) is 31.4 Å². The van der Waals surface area contributed by atoms with Crippen LogP contribution in [0.5, 0.6) is 0 Å². The normalized spacial score (nSPS) is 10.7. The van der Waals surface area contributed by atoms with Crippen LogP contribution in [0.25, 0.3) is 11.5 Å². The molecule has 1 amide bonds. The molecule has 0 atom stereocenters. The van der Waals surface area contributed by atoms with E-state index in [0.29, 0.717) is 10.4 Å². The molecule has 8 heteroatoms. The lowest BCUT2D eigenvalue weighted by Gasteiger charge is -2.05. The first-order chi connectivity index (χ1) is 12.0. The van der Waals surface area contributed by atoms with E-state index in [-0.39, 0.29) is 22.6 Å². The first kappa shape index (κ1) is 17.6. The predicted molar refractivity (Wildman–Crippen MR) is 97.9 cm³/mol. The molecule has 1 heterocycles. The van der Waals surface area contributed by atoms with Crippen LogP contribution < -0.4 is 5.32 Å². The van der Waals surface area contributed by atoms with Crippen molar-refractivity contribution in [1.29, 1.82) is 0 Å². The number of rotatable bonds is 5. The van der Waals surface area contributed by atoms with E-state index in [1.54, 1.807) is 6.07 Å². The number of carbonyl (C=O) groups excluding carboxylic acids is 1. The van der Waals surface area contributed by atoms with E-state index in [1.165, 1.54) is 12.1 Å². The summed E-state index contributed by atoms with van der Waals surface area (Å²) in [6.45, 7) is 1.95. The summed E-state index contributed by atoms with van der Waals surface area (Å²) in [6.07, 6.45) is 0. The van der Waals surface area contributed by atoms with E-state index in [9.17, 15) is 9.18 Å². The first-order valence-corrected chi connectivity index (χ1v) is 9.08. The van der Waals surface area contributed by atoms with Crippen LogP contribution in [0.15, 0.2) is 56.6 Å². The van der Waals surface area contributed by atoms with Gasteiger partial charge in [0, 0.05) is 10.0 Å². The number of amides is 1. The number of aromatic nitrogens is 2. The van der Waals surface area contributed by atoms with Gasteiger partial charge in [-0.25, -0.2) is 4.39 Å². The largest absolute Gasteiger partial charge is 0.411 e. The number of nitrogens with one attached hydrogen (secondary N) is 1. The summed E-state index contributed by atoms with van der Waals surface area (Å²) in [6, 6.07) is 12.1. The molecule has 0 aliphatic heterocycles. The molecule has 3 aromatic rings. The minimum Gasteiger partial charge on any atom is -0.411 e. The highest BCUT2D eigenvalue weighted by Crippen LogP contribution is 2.26. The van der Waals surface area contributed by atoms with Crippen molar-refractivity contribution in [2.24, 2.45) is 0 Å². The fourth-order valence-electron chi connectivity index (χ4n) is 2.09. The molecule has 0 saturated carbocycles. The molecule has 0 bridgehead atoms. The zero-order valence-electron chi connectivity index (χ0n) is 13.1. The molecule has 0 unspecified atom stereocenters. The van der Waals surface area contributed by atoms with Crippen molar-refractivity contribution >= 4 is 39.3 Å². The Bertz CT molecular complexity index is 916. The standard InChI is InChI=1S/C17H13BrFN3O2S/c1-10-4-2-3-5-12(10)16-21-22-17(24-16)25-9-15(23)20-14-7-6-11(18)8-13(14)19/h2-8H,9H2,1H3,(H,20,23).